The molecular formula is C35H25N5. The highest BCUT2D eigenvalue weighted by molar-refractivity contribution is 5.94. The topological polar surface area (TPSA) is 67.4 Å². The van der Waals surface area contributed by atoms with Crippen molar-refractivity contribution in [3.63, 3.8) is 0 Å². The van der Waals surface area contributed by atoms with Gasteiger partial charge in [-0.1, -0.05) is 91.9 Å². The summed E-state index contributed by atoms with van der Waals surface area (Å²) in [5.74, 6) is 2.34. The highest BCUT2D eigenvalue weighted by Crippen LogP contribution is 2.36. The highest BCUT2D eigenvalue weighted by Gasteiger charge is 2.22. The summed E-state index contributed by atoms with van der Waals surface area (Å²) in [7, 11) is 0. The monoisotopic (exact) mass is 515 g/mol. The molecule has 190 valence electrons. The summed E-state index contributed by atoms with van der Waals surface area (Å²) in [6.45, 7) is 2.24. The molecule has 1 aliphatic rings. The molecule has 5 nitrogen and oxygen atoms in total. The van der Waals surface area contributed by atoms with Crippen molar-refractivity contribution in [2.75, 3.05) is 0 Å². The number of allylic oxidation sites excluding steroid dienone is 1. The molecule has 0 aliphatic heterocycles. The standard InChI is InChI=1S/C35H25N5/c1-23-15-17-29-30-20-24(22-36)16-18-31(30)40(32(29)19-23)28-14-8-13-27(21-28)35-38-33(25-9-4-2-5-10-25)37-34(39-35)26-11-6-3-7-12-26/h2-18,20-21,23H,19H2,1H3. The number of benzene rings is 4. The molecule has 2 aromatic heterocycles. The molecule has 6 aromatic rings. The smallest absolute Gasteiger partial charge is 0.164 e. The van der Waals surface area contributed by atoms with E-state index in [2.05, 4.69) is 60.0 Å². The fourth-order valence-corrected chi connectivity index (χ4v) is 5.48. The summed E-state index contributed by atoms with van der Waals surface area (Å²) >= 11 is 0. The molecule has 0 N–H and O–H groups in total. The normalized spacial score (nSPS) is 14.2. The zero-order valence-electron chi connectivity index (χ0n) is 22.0. The molecule has 0 bridgehead atoms. The summed E-state index contributed by atoms with van der Waals surface area (Å²) in [6, 6.07) is 36.7. The molecule has 0 spiro atoms. The average molecular weight is 516 g/mol. The van der Waals surface area contributed by atoms with Gasteiger partial charge in [0.2, 0.25) is 0 Å². The highest BCUT2D eigenvalue weighted by atomic mass is 15.0. The van der Waals surface area contributed by atoms with E-state index < -0.39 is 0 Å². The minimum absolute atomic E-state index is 0.430. The van der Waals surface area contributed by atoms with Gasteiger partial charge in [0, 0.05) is 39.0 Å². The maximum atomic E-state index is 9.55. The summed E-state index contributed by atoms with van der Waals surface area (Å²) in [4.78, 5) is 14.7. The van der Waals surface area contributed by atoms with Crippen LogP contribution in [0.25, 0.3) is 56.8 Å². The SMILES string of the molecule is CC1C=Cc2c(n(-c3cccc(-c4nc(-c5ccccc5)nc(-c5ccccc5)n4)c3)c3ccc(C#N)cc23)C1. The number of hydrogen-bond acceptors (Lipinski definition) is 4. The van der Waals surface area contributed by atoms with E-state index in [1.165, 1.54) is 11.3 Å². The van der Waals surface area contributed by atoms with Crippen molar-refractivity contribution in [1.29, 1.82) is 5.26 Å². The number of rotatable bonds is 4. The molecule has 40 heavy (non-hydrogen) atoms. The Morgan fingerprint density at radius 2 is 1.35 bits per heavy atom. The Labute approximate surface area is 232 Å². The second kappa shape index (κ2) is 9.76. The third-order valence-corrected chi connectivity index (χ3v) is 7.41. The first-order valence-electron chi connectivity index (χ1n) is 13.4. The van der Waals surface area contributed by atoms with Crippen LogP contribution in [0.2, 0.25) is 0 Å². The zero-order chi connectivity index (χ0) is 27.1. The van der Waals surface area contributed by atoms with Crippen molar-refractivity contribution in [2.24, 2.45) is 5.92 Å². The fraction of sp³-hybridized carbons (Fsp3) is 0.0857. The van der Waals surface area contributed by atoms with Crippen LogP contribution in [-0.2, 0) is 6.42 Å². The zero-order valence-corrected chi connectivity index (χ0v) is 22.0. The Kier molecular flexibility index (Phi) is 5.79. The number of aromatic nitrogens is 4. The molecule has 0 radical (unpaired) electrons. The van der Waals surface area contributed by atoms with E-state index in [4.69, 9.17) is 15.0 Å². The molecule has 0 fully saturated rings. The second-order valence-electron chi connectivity index (χ2n) is 10.2. The minimum Gasteiger partial charge on any atom is -0.313 e. The molecule has 0 amide bonds. The second-order valence-corrected chi connectivity index (χ2v) is 10.2. The van der Waals surface area contributed by atoms with Crippen molar-refractivity contribution in [1.82, 2.24) is 19.5 Å². The third-order valence-electron chi connectivity index (χ3n) is 7.41. The van der Waals surface area contributed by atoms with Gasteiger partial charge < -0.3 is 4.57 Å². The maximum Gasteiger partial charge on any atom is 0.164 e. The van der Waals surface area contributed by atoms with Gasteiger partial charge >= 0.3 is 0 Å². The first-order chi connectivity index (χ1) is 19.7. The molecule has 1 aliphatic carbocycles. The van der Waals surface area contributed by atoms with E-state index >= 15 is 0 Å². The van der Waals surface area contributed by atoms with E-state index in [1.807, 2.05) is 72.8 Å². The van der Waals surface area contributed by atoms with Crippen molar-refractivity contribution in [3.05, 3.63) is 126 Å². The number of nitriles is 1. The maximum absolute atomic E-state index is 9.55. The van der Waals surface area contributed by atoms with E-state index in [1.54, 1.807) is 0 Å². The van der Waals surface area contributed by atoms with Crippen molar-refractivity contribution >= 4 is 17.0 Å². The molecule has 0 saturated carbocycles. The molecule has 1 unspecified atom stereocenters. The van der Waals surface area contributed by atoms with Gasteiger partial charge in [-0.05, 0) is 42.7 Å². The molecule has 2 heterocycles. The minimum atomic E-state index is 0.430. The molecule has 7 rings (SSSR count). The summed E-state index contributed by atoms with van der Waals surface area (Å²) < 4.78 is 2.33. The predicted octanol–water partition coefficient (Wildman–Crippen LogP) is 7.89. The van der Waals surface area contributed by atoms with Crippen LogP contribution in [0.3, 0.4) is 0 Å². The van der Waals surface area contributed by atoms with Crippen LogP contribution in [-0.4, -0.2) is 19.5 Å². The quantitative estimate of drug-likeness (QED) is 0.239. The van der Waals surface area contributed by atoms with Crippen LogP contribution in [0.5, 0.6) is 0 Å². The molecule has 0 saturated heterocycles. The lowest BCUT2D eigenvalue weighted by molar-refractivity contribution is 0.690. The van der Waals surface area contributed by atoms with Gasteiger partial charge in [-0.25, -0.2) is 15.0 Å². The number of fused-ring (bicyclic) bond motifs is 3. The average Bonchev–Trinajstić information content (AvgIpc) is 3.34. The fourth-order valence-electron chi connectivity index (χ4n) is 5.48. The van der Waals surface area contributed by atoms with Crippen LogP contribution in [0, 0.1) is 17.2 Å². The number of nitrogens with zero attached hydrogens (tertiary/aromatic N) is 5. The van der Waals surface area contributed by atoms with Crippen LogP contribution in [0.1, 0.15) is 23.7 Å². The van der Waals surface area contributed by atoms with Gasteiger partial charge in [-0.15, -0.1) is 0 Å². The Morgan fingerprint density at radius 3 is 2.00 bits per heavy atom. The number of hydrogen-bond donors (Lipinski definition) is 0. The third kappa shape index (κ3) is 4.16. The van der Waals surface area contributed by atoms with Gasteiger partial charge in [0.05, 0.1) is 17.1 Å². The van der Waals surface area contributed by atoms with Gasteiger partial charge in [-0.2, -0.15) is 5.26 Å². The molecule has 4 aromatic carbocycles. The largest absolute Gasteiger partial charge is 0.313 e. The summed E-state index contributed by atoms with van der Waals surface area (Å²) in [6.07, 6.45) is 5.38. The van der Waals surface area contributed by atoms with Gasteiger partial charge in [0.25, 0.3) is 0 Å². The lowest BCUT2D eigenvalue weighted by Crippen LogP contribution is -2.08. The lowest BCUT2D eigenvalue weighted by atomic mass is 9.94. The van der Waals surface area contributed by atoms with E-state index in [9.17, 15) is 5.26 Å². The molecular weight excluding hydrogens is 490 g/mol. The Bertz CT molecular complexity index is 1890. The van der Waals surface area contributed by atoms with Crippen LogP contribution in [0.4, 0.5) is 0 Å². The Balaban J connectivity index is 1.42. The van der Waals surface area contributed by atoms with Gasteiger partial charge in [0.15, 0.2) is 17.5 Å². The van der Waals surface area contributed by atoms with Crippen LogP contribution >= 0.6 is 0 Å². The van der Waals surface area contributed by atoms with Gasteiger partial charge in [-0.3, -0.25) is 0 Å². The van der Waals surface area contributed by atoms with E-state index in [-0.39, 0.29) is 0 Å². The lowest BCUT2D eigenvalue weighted by Gasteiger charge is -2.17. The van der Waals surface area contributed by atoms with E-state index in [0.29, 0.717) is 29.0 Å². The molecule has 1 atom stereocenters. The Hall–Kier alpha value is -5.34. The van der Waals surface area contributed by atoms with Gasteiger partial charge in [0.1, 0.15) is 0 Å². The first-order valence-corrected chi connectivity index (χ1v) is 13.4. The van der Waals surface area contributed by atoms with Crippen molar-refractivity contribution in [3.8, 4) is 45.9 Å². The summed E-state index contributed by atoms with van der Waals surface area (Å²) in [5, 5.41) is 10.6. The molecule has 5 heteroatoms. The first kappa shape index (κ1) is 23.8. The Morgan fingerprint density at radius 1 is 0.725 bits per heavy atom. The van der Waals surface area contributed by atoms with Crippen molar-refractivity contribution < 1.29 is 0 Å². The summed E-state index contributed by atoms with van der Waals surface area (Å²) in [5.41, 5.74) is 8.04. The predicted molar refractivity (Wildman–Crippen MR) is 160 cm³/mol. The van der Waals surface area contributed by atoms with E-state index in [0.717, 1.165) is 39.7 Å². The van der Waals surface area contributed by atoms with Crippen molar-refractivity contribution in [2.45, 2.75) is 13.3 Å². The van der Waals surface area contributed by atoms with Crippen LogP contribution in [0.15, 0.2) is 109 Å². The van der Waals surface area contributed by atoms with Crippen LogP contribution < -0.4 is 0 Å².